The van der Waals surface area contributed by atoms with Crippen LogP contribution in [0.1, 0.15) is 65.7 Å². The minimum Gasteiger partial charge on any atom is -0.312 e. The Hall–Kier alpha value is -0.0800. The molecule has 0 aromatic heterocycles. The van der Waals surface area contributed by atoms with Gasteiger partial charge < -0.3 is 10.2 Å². The van der Waals surface area contributed by atoms with E-state index in [1.807, 2.05) is 0 Å². The largest absolute Gasteiger partial charge is 0.312 e. The van der Waals surface area contributed by atoms with Gasteiger partial charge in [-0.3, -0.25) is 0 Å². The average molecular weight is 266 g/mol. The SMILES string of the molecule is CCC1(C)CCN(CCNC2CCCCC2C)CC1. The summed E-state index contributed by atoms with van der Waals surface area (Å²) in [5, 5.41) is 3.81. The van der Waals surface area contributed by atoms with Crippen molar-refractivity contribution in [2.75, 3.05) is 26.2 Å². The van der Waals surface area contributed by atoms with Crippen LogP contribution in [0.3, 0.4) is 0 Å². The van der Waals surface area contributed by atoms with Crippen LogP contribution < -0.4 is 5.32 Å². The lowest BCUT2D eigenvalue weighted by molar-refractivity contribution is 0.113. The quantitative estimate of drug-likeness (QED) is 0.817. The second-order valence-electron chi connectivity index (χ2n) is 7.33. The van der Waals surface area contributed by atoms with E-state index in [-0.39, 0.29) is 0 Å². The highest BCUT2D eigenvalue weighted by Crippen LogP contribution is 2.33. The Balaban J connectivity index is 1.61. The molecule has 1 heterocycles. The predicted molar refractivity (Wildman–Crippen MR) is 83.5 cm³/mol. The van der Waals surface area contributed by atoms with Crippen molar-refractivity contribution in [3.05, 3.63) is 0 Å². The molecule has 2 heteroatoms. The Kier molecular flexibility index (Phi) is 5.70. The Labute approximate surface area is 120 Å². The number of hydrogen-bond donors (Lipinski definition) is 1. The second-order valence-corrected chi connectivity index (χ2v) is 7.33. The van der Waals surface area contributed by atoms with Crippen LogP contribution in [-0.2, 0) is 0 Å². The lowest BCUT2D eigenvalue weighted by Gasteiger charge is -2.39. The fourth-order valence-electron chi connectivity index (χ4n) is 3.70. The highest BCUT2D eigenvalue weighted by molar-refractivity contribution is 4.82. The molecule has 2 rings (SSSR count). The van der Waals surface area contributed by atoms with E-state index in [0.29, 0.717) is 5.41 Å². The van der Waals surface area contributed by atoms with Gasteiger partial charge in [-0.05, 0) is 50.1 Å². The van der Waals surface area contributed by atoms with Crippen molar-refractivity contribution < 1.29 is 0 Å². The molecule has 0 aromatic rings. The lowest BCUT2D eigenvalue weighted by atomic mass is 9.78. The normalized spacial score (nSPS) is 32.4. The van der Waals surface area contributed by atoms with E-state index in [1.165, 1.54) is 71.1 Å². The third kappa shape index (κ3) is 4.46. The summed E-state index contributed by atoms with van der Waals surface area (Å²) >= 11 is 0. The summed E-state index contributed by atoms with van der Waals surface area (Å²) in [7, 11) is 0. The summed E-state index contributed by atoms with van der Waals surface area (Å²) in [6.45, 7) is 12.3. The molecule has 1 aliphatic carbocycles. The van der Waals surface area contributed by atoms with E-state index < -0.39 is 0 Å². The Morgan fingerprint density at radius 2 is 1.84 bits per heavy atom. The fourth-order valence-corrected chi connectivity index (χ4v) is 3.70. The standard InChI is InChI=1S/C17H34N2/c1-4-17(3)9-12-19(13-10-17)14-11-18-16-8-6-5-7-15(16)2/h15-16,18H,4-14H2,1-3H3. The number of rotatable bonds is 5. The van der Waals surface area contributed by atoms with Gasteiger partial charge in [0.15, 0.2) is 0 Å². The first-order valence-electron chi connectivity index (χ1n) is 8.59. The van der Waals surface area contributed by atoms with Crippen LogP contribution in [-0.4, -0.2) is 37.1 Å². The summed E-state index contributed by atoms with van der Waals surface area (Å²) in [6.07, 6.45) is 9.83. The Morgan fingerprint density at radius 3 is 2.47 bits per heavy atom. The van der Waals surface area contributed by atoms with E-state index in [2.05, 4.69) is 31.0 Å². The number of nitrogens with zero attached hydrogens (tertiary/aromatic N) is 1. The first-order chi connectivity index (χ1) is 9.13. The third-order valence-corrected chi connectivity index (χ3v) is 5.86. The van der Waals surface area contributed by atoms with Crippen LogP contribution >= 0.6 is 0 Å². The van der Waals surface area contributed by atoms with Crippen LogP contribution in [0, 0.1) is 11.3 Å². The number of hydrogen-bond acceptors (Lipinski definition) is 2. The van der Waals surface area contributed by atoms with Crippen LogP contribution in [0.2, 0.25) is 0 Å². The van der Waals surface area contributed by atoms with E-state index in [9.17, 15) is 0 Å². The van der Waals surface area contributed by atoms with Gasteiger partial charge >= 0.3 is 0 Å². The number of piperidine rings is 1. The lowest BCUT2D eigenvalue weighted by Crippen LogP contribution is -2.44. The molecule has 2 aliphatic rings. The monoisotopic (exact) mass is 266 g/mol. The first kappa shape index (κ1) is 15.3. The highest BCUT2D eigenvalue weighted by Gasteiger charge is 2.28. The molecule has 1 N–H and O–H groups in total. The van der Waals surface area contributed by atoms with Crippen molar-refractivity contribution in [1.29, 1.82) is 0 Å². The minimum atomic E-state index is 0.627. The van der Waals surface area contributed by atoms with Gasteiger partial charge in [0.05, 0.1) is 0 Å². The van der Waals surface area contributed by atoms with Crippen LogP contribution in [0.4, 0.5) is 0 Å². The van der Waals surface area contributed by atoms with Gasteiger partial charge in [-0.15, -0.1) is 0 Å². The van der Waals surface area contributed by atoms with Crippen LogP contribution in [0.15, 0.2) is 0 Å². The van der Waals surface area contributed by atoms with Crippen molar-refractivity contribution in [2.45, 2.75) is 71.8 Å². The zero-order valence-electron chi connectivity index (χ0n) is 13.4. The highest BCUT2D eigenvalue weighted by atomic mass is 15.1. The average Bonchev–Trinajstić information content (AvgIpc) is 2.43. The van der Waals surface area contributed by atoms with Crippen molar-refractivity contribution >= 4 is 0 Å². The van der Waals surface area contributed by atoms with Gasteiger partial charge in [-0.1, -0.05) is 40.0 Å². The maximum atomic E-state index is 3.81. The summed E-state index contributed by atoms with van der Waals surface area (Å²) in [5.74, 6) is 0.887. The summed E-state index contributed by atoms with van der Waals surface area (Å²) in [4.78, 5) is 2.66. The third-order valence-electron chi connectivity index (χ3n) is 5.86. The van der Waals surface area contributed by atoms with Gasteiger partial charge in [-0.25, -0.2) is 0 Å². The molecule has 112 valence electrons. The van der Waals surface area contributed by atoms with Gasteiger partial charge in [-0.2, -0.15) is 0 Å². The molecule has 0 radical (unpaired) electrons. The maximum Gasteiger partial charge on any atom is 0.0107 e. The minimum absolute atomic E-state index is 0.627. The zero-order chi connectivity index (χ0) is 13.7. The van der Waals surface area contributed by atoms with Gasteiger partial charge in [0.2, 0.25) is 0 Å². The topological polar surface area (TPSA) is 15.3 Å². The molecule has 0 aromatic carbocycles. The Bertz CT molecular complexity index is 256. The molecule has 0 spiro atoms. The molecule has 1 saturated heterocycles. The molecule has 2 fully saturated rings. The van der Waals surface area contributed by atoms with Gasteiger partial charge in [0.1, 0.15) is 0 Å². The van der Waals surface area contributed by atoms with E-state index in [4.69, 9.17) is 0 Å². The fraction of sp³-hybridized carbons (Fsp3) is 1.00. The number of nitrogens with one attached hydrogen (secondary N) is 1. The van der Waals surface area contributed by atoms with E-state index >= 15 is 0 Å². The summed E-state index contributed by atoms with van der Waals surface area (Å²) in [6, 6.07) is 0.791. The maximum absolute atomic E-state index is 3.81. The Morgan fingerprint density at radius 1 is 1.16 bits per heavy atom. The van der Waals surface area contributed by atoms with Crippen molar-refractivity contribution in [2.24, 2.45) is 11.3 Å². The van der Waals surface area contributed by atoms with E-state index in [1.54, 1.807) is 0 Å². The smallest absolute Gasteiger partial charge is 0.0107 e. The summed E-state index contributed by atoms with van der Waals surface area (Å²) in [5.41, 5.74) is 0.627. The molecule has 0 amide bonds. The molecule has 1 saturated carbocycles. The van der Waals surface area contributed by atoms with Gasteiger partial charge in [0.25, 0.3) is 0 Å². The molecular formula is C17H34N2. The molecule has 19 heavy (non-hydrogen) atoms. The van der Waals surface area contributed by atoms with Gasteiger partial charge in [0, 0.05) is 19.1 Å². The zero-order valence-corrected chi connectivity index (χ0v) is 13.4. The predicted octanol–water partition coefficient (Wildman–Crippen LogP) is 3.67. The molecule has 2 unspecified atom stereocenters. The van der Waals surface area contributed by atoms with Crippen molar-refractivity contribution in [3.63, 3.8) is 0 Å². The van der Waals surface area contributed by atoms with Crippen molar-refractivity contribution in [1.82, 2.24) is 10.2 Å². The molecule has 0 bridgehead atoms. The van der Waals surface area contributed by atoms with Crippen LogP contribution in [0.5, 0.6) is 0 Å². The molecule has 2 nitrogen and oxygen atoms in total. The molecular weight excluding hydrogens is 232 g/mol. The van der Waals surface area contributed by atoms with Crippen LogP contribution in [0.25, 0.3) is 0 Å². The molecule has 2 atom stereocenters. The van der Waals surface area contributed by atoms with Crippen molar-refractivity contribution in [3.8, 4) is 0 Å². The summed E-state index contributed by atoms with van der Waals surface area (Å²) < 4.78 is 0. The second kappa shape index (κ2) is 7.08. The first-order valence-corrected chi connectivity index (χ1v) is 8.59. The number of likely N-dealkylation sites (tertiary alicyclic amines) is 1. The molecule has 1 aliphatic heterocycles. The van der Waals surface area contributed by atoms with E-state index in [0.717, 1.165) is 12.0 Å².